The average molecular weight is 290 g/mol. The van der Waals surface area contributed by atoms with Crippen molar-refractivity contribution < 1.29 is 23.1 Å². The zero-order chi connectivity index (χ0) is 14.0. The minimum atomic E-state index is -3.05. The summed E-state index contributed by atoms with van der Waals surface area (Å²) >= 11 is 0. The molecule has 0 saturated carbocycles. The van der Waals surface area contributed by atoms with Gasteiger partial charge in [-0.15, -0.1) is 0 Å². The number of rotatable bonds is 3. The molecule has 0 bridgehead atoms. The standard InChI is InChI=1S/C11H18N2O5S/c14-10(13-3-1-8(6-13)11(15)16)5-9-7-19(17,18)4-2-12-9/h8-9,12H,1-7H2,(H,15,16). The number of hydrogen-bond acceptors (Lipinski definition) is 5. The van der Waals surface area contributed by atoms with E-state index in [0.717, 1.165) is 0 Å². The maximum atomic E-state index is 12.0. The zero-order valence-electron chi connectivity index (χ0n) is 10.5. The lowest BCUT2D eigenvalue weighted by molar-refractivity contribution is -0.141. The minimum Gasteiger partial charge on any atom is -0.481 e. The Morgan fingerprint density at radius 3 is 2.68 bits per heavy atom. The molecule has 0 aliphatic carbocycles. The van der Waals surface area contributed by atoms with E-state index in [1.807, 2.05) is 0 Å². The number of carbonyl (C=O) groups excluding carboxylic acids is 1. The molecule has 0 spiro atoms. The van der Waals surface area contributed by atoms with Crippen LogP contribution in [0, 0.1) is 5.92 Å². The lowest BCUT2D eigenvalue weighted by Gasteiger charge is -2.25. The smallest absolute Gasteiger partial charge is 0.308 e. The van der Waals surface area contributed by atoms with Gasteiger partial charge in [0.2, 0.25) is 5.91 Å². The van der Waals surface area contributed by atoms with E-state index < -0.39 is 21.7 Å². The second kappa shape index (κ2) is 5.46. The Kier molecular flexibility index (Phi) is 4.10. The van der Waals surface area contributed by atoms with Crippen molar-refractivity contribution in [2.75, 3.05) is 31.1 Å². The largest absolute Gasteiger partial charge is 0.481 e. The lowest BCUT2D eigenvalue weighted by Crippen LogP contribution is -2.47. The zero-order valence-corrected chi connectivity index (χ0v) is 11.4. The van der Waals surface area contributed by atoms with Crippen LogP contribution in [0.15, 0.2) is 0 Å². The van der Waals surface area contributed by atoms with Crippen molar-refractivity contribution in [3.8, 4) is 0 Å². The maximum absolute atomic E-state index is 12.0. The van der Waals surface area contributed by atoms with Gasteiger partial charge in [0.05, 0.1) is 17.4 Å². The highest BCUT2D eigenvalue weighted by Crippen LogP contribution is 2.18. The Labute approximate surface area is 111 Å². The summed E-state index contributed by atoms with van der Waals surface area (Å²) in [7, 11) is -3.05. The first-order chi connectivity index (χ1) is 8.87. The molecule has 108 valence electrons. The van der Waals surface area contributed by atoms with Crippen LogP contribution >= 0.6 is 0 Å². The Morgan fingerprint density at radius 2 is 2.11 bits per heavy atom. The molecular weight excluding hydrogens is 272 g/mol. The second-order valence-corrected chi connectivity index (χ2v) is 7.36. The van der Waals surface area contributed by atoms with Crippen molar-refractivity contribution in [3.05, 3.63) is 0 Å². The lowest BCUT2D eigenvalue weighted by atomic mass is 10.1. The van der Waals surface area contributed by atoms with Gasteiger partial charge in [0, 0.05) is 32.1 Å². The van der Waals surface area contributed by atoms with Crippen molar-refractivity contribution in [1.82, 2.24) is 10.2 Å². The monoisotopic (exact) mass is 290 g/mol. The van der Waals surface area contributed by atoms with Crippen LogP contribution < -0.4 is 5.32 Å². The fourth-order valence-electron chi connectivity index (χ4n) is 2.53. The molecule has 2 unspecified atom stereocenters. The van der Waals surface area contributed by atoms with E-state index in [-0.39, 0.29) is 36.4 Å². The maximum Gasteiger partial charge on any atom is 0.308 e. The Bertz CT molecular complexity index is 475. The molecule has 2 fully saturated rings. The van der Waals surface area contributed by atoms with E-state index in [0.29, 0.717) is 19.5 Å². The van der Waals surface area contributed by atoms with Crippen LogP contribution in [-0.4, -0.2) is 67.5 Å². The third-order valence-corrected chi connectivity index (χ3v) is 5.35. The van der Waals surface area contributed by atoms with Crippen LogP contribution in [0.3, 0.4) is 0 Å². The molecule has 2 aliphatic rings. The number of carboxylic acid groups (broad SMARTS) is 1. The first kappa shape index (κ1) is 14.3. The molecule has 2 heterocycles. The quantitative estimate of drug-likeness (QED) is 0.669. The van der Waals surface area contributed by atoms with Gasteiger partial charge >= 0.3 is 5.97 Å². The predicted molar refractivity (Wildman–Crippen MR) is 67.4 cm³/mol. The van der Waals surface area contributed by atoms with Gasteiger partial charge in [-0.1, -0.05) is 0 Å². The van der Waals surface area contributed by atoms with Crippen LogP contribution in [0.4, 0.5) is 0 Å². The normalized spacial score (nSPS) is 30.2. The van der Waals surface area contributed by atoms with Crippen LogP contribution in [0.5, 0.6) is 0 Å². The van der Waals surface area contributed by atoms with Crippen molar-refractivity contribution >= 4 is 21.7 Å². The SMILES string of the molecule is O=C(O)C1CCN(C(=O)CC2CS(=O)(=O)CCN2)C1. The Morgan fingerprint density at radius 1 is 1.37 bits per heavy atom. The van der Waals surface area contributed by atoms with Crippen molar-refractivity contribution in [3.63, 3.8) is 0 Å². The molecule has 8 heteroatoms. The highest BCUT2D eigenvalue weighted by molar-refractivity contribution is 7.91. The highest BCUT2D eigenvalue weighted by atomic mass is 32.2. The number of likely N-dealkylation sites (tertiary alicyclic amines) is 1. The Hall–Kier alpha value is -1.15. The molecule has 19 heavy (non-hydrogen) atoms. The predicted octanol–water partition coefficient (Wildman–Crippen LogP) is -1.30. The third-order valence-electron chi connectivity index (χ3n) is 3.61. The summed E-state index contributed by atoms with van der Waals surface area (Å²) in [5, 5.41) is 11.9. The summed E-state index contributed by atoms with van der Waals surface area (Å²) < 4.78 is 22.9. The number of sulfone groups is 1. The summed E-state index contributed by atoms with van der Waals surface area (Å²) in [4.78, 5) is 24.3. The molecule has 2 atom stereocenters. The number of aliphatic carboxylic acids is 1. The fourth-order valence-corrected chi connectivity index (χ4v) is 3.97. The van der Waals surface area contributed by atoms with E-state index in [4.69, 9.17) is 5.11 Å². The number of hydrogen-bond donors (Lipinski definition) is 2. The summed E-state index contributed by atoms with van der Waals surface area (Å²) in [6.07, 6.45) is 0.586. The molecule has 0 aromatic heterocycles. The highest BCUT2D eigenvalue weighted by Gasteiger charge is 2.33. The topological polar surface area (TPSA) is 104 Å². The van der Waals surface area contributed by atoms with Crippen molar-refractivity contribution in [1.29, 1.82) is 0 Å². The molecule has 2 N–H and O–H groups in total. The molecule has 2 saturated heterocycles. The van der Waals surface area contributed by atoms with E-state index in [1.165, 1.54) is 4.90 Å². The van der Waals surface area contributed by atoms with E-state index in [2.05, 4.69) is 5.32 Å². The first-order valence-electron chi connectivity index (χ1n) is 6.32. The van der Waals surface area contributed by atoms with Crippen LogP contribution in [0.25, 0.3) is 0 Å². The van der Waals surface area contributed by atoms with Crippen molar-refractivity contribution in [2.24, 2.45) is 5.92 Å². The van der Waals surface area contributed by atoms with Gasteiger partial charge in [0.15, 0.2) is 9.84 Å². The van der Waals surface area contributed by atoms with Gasteiger partial charge in [0.25, 0.3) is 0 Å². The van der Waals surface area contributed by atoms with E-state index in [1.54, 1.807) is 0 Å². The number of carboxylic acids is 1. The minimum absolute atomic E-state index is 0.0189. The Balaban J connectivity index is 1.86. The van der Waals surface area contributed by atoms with E-state index in [9.17, 15) is 18.0 Å². The molecule has 2 aliphatic heterocycles. The van der Waals surface area contributed by atoms with Crippen LogP contribution in [0.1, 0.15) is 12.8 Å². The molecule has 0 aromatic carbocycles. The third kappa shape index (κ3) is 3.66. The summed E-state index contributed by atoms with van der Waals surface area (Å²) in [5.41, 5.74) is 0. The van der Waals surface area contributed by atoms with Crippen molar-refractivity contribution in [2.45, 2.75) is 18.9 Å². The summed E-state index contributed by atoms with van der Waals surface area (Å²) in [5.74, 6) is -1.45. The van der Waals surface area contributed by atoms with Gasteiger partial charge in [-0.25, -0.2) is 8.42 Å². The van der Waals surface area contributed by atoms with Gasteiger partial charge in [-0.2, -0.15) is 0 Å². The molecule has 1 amide bonds. The molecular formula is C11H18N2O5S. The number of nitrogens with one attached hydrogen (secondary N) is 1. The number of amides is 1. The molecule has 0 radical (unpaired) electrons. The van der Waals surface area contributed by atoms with Crippen LogP contribution in [-0.2, 0) is 19.4 Å². The summed E-state index contributed by atoms with van der Waals surface area (Å²) in [6, 6.07) is -0.352. The first-order valence-corrected chi connectivity index (χ1v) is 8.14. The van der Waals surface area contributed by atoms with Gasteiger partial charge in [-0.05, 0) is 6.42 Å². The average Bonchev–Trinajstić information content (AvgIpc) is 2.76. The van der Waals surface area contributed by atoms with Gasteiger partial charge in [0.1, 0.15) is 0 Å². The number of nitrogens with zero attached hydrogens (tertiary/aromatic N) is 1. The fraction of sp³-hybridized carbons (Fsp3) is 0.818. The van der Waals surface area contributed by atoms with Gasteiger partial charge < -0.3 is 15.3 Å². The second-order valence-electron chi connectivity index (χ2n) is 5.13. The molecule has 0 aromatic rings. The number of carbonyl (C=O) groups is 2. The molecule has 2 rings (SSSR count). The van der Waals surface area contributed by atoms with Crippen LogP contribution in [0.2, 0.25) is 0 Å². The molecule has 7 nitrogen and oxygen atoms in total. The summed E-state index contributed by atoms with van der Waals surface area (Å²) in [6.45, 7) is 1.04. The van der Waals surface area contributed by atoms with E-state index >= 15 is 0 Å². The van der Waals surface area contributed by atoms with Gasteiger partial charge in [-0.3, -0.25) is 9.59 Å².